The molecule has 11 aromatic rings. The zero-order valence-corrected chi connectivity index (χ0v) is 31.7. The summed E-state index contributed by atoms with van der Waals surface area (Å²) in [7, 11) is 0. The minimum absolute atomic E-state index is 0.234. The molecule has 0 radical (unpaired) electrons. The molecule has 0 N–H and O–H groups in total. The van der Waals surface area contributed by atoms with Gasteiger partial charge in [0.1, 0.15) is 0 Å². The largest absolute Gasteiger partial charge is 0.309 e. The highest BCUT2D eigenvalue weighted by atomic mass is 15.0. The van der Waals surface area contributed by atoms with Crippen molar-refractivity contribution in [3.63, 3.8) is 0 Å². The Balaban J connectivity index is 1.14. The molecule has 13 rings (SSSR count). The van der Waals surface area contributed by atoms with Crippen molar-refractivity contribution in [2.75, 3.05) is 0 Å². The van der Waals surface area contributed by atoms with Gasteiger partial charge in [-0.2, -0.15) is 0 Å². The summed E-state index contributed by atoms with van der Waals surface area (Å²) < 4.78 is 5.09. The van der Waals surface area contributed by atoms with Gasteiger partial charge < -0.3 is 9.13 Å². The van der Waals surface area contributed by atoms with Gasteiger partial charge in [0.15, 0.2) is 0 Å². The van der Waals surface area contributed by atoms with Crippen molar-refractivity contribution >= 4 is 54.4 Å². The van der Waals surface area contributed by atoms with Crippen LogP contribution in [0.1, 0.15) is 25.0 Å². The van der Waals surface area contributed by atoms with Crippen LogP contribution >= 0.6 is 0 Å². The predicted octanol–water partition coefficient (Wildman–Crippen LogP) is 14.7. The Hall–Kier alpha value is -7.16. The quantitative estimate of drug-likeness (QED) is 0.172. The molecule has 0 spiro atoms. The van der Waals surface area contributed by atoms with Crippen molar-refractivity contribution in [1.82, 2.24) is 9.13 Å². The van der Waals surface area contributed by atoms with E-state index < -0.39 is 0 Å². The van der Waals surface area contributed by atoms with Crippen molar-refractivity contribution in [3.05, 3.63) is 193 Å². The molecule has 0 saturated heterocycles. The number of hydrogen-bond donors (Lipinski definition) is 0. The van der Waals surface area contributed by atoms with Crippen LogP contribution in [0.3, 0.4) is 0 Å². The summed E-state index contributed by atoms with van der Waals surface area (Å²) >= 11 is 0. The van der Waals surface area contributed by atoms with Crippen molar-refractivity contribution in [2.45, 2.75) is 19.3 Å². The van der Waals surface area contributed by atoms with E-state index in [0.29, 0.717) is 0 Å². The molecule has 0 unspecified atom stereocenters. The van der Waals surface area contributed by atoms with Gasteiger partial charge in [-0.25, -0.2) is 0 Å². The van der Waals surface area contributed by atoms with Gasteiger partial charge in [0.25, 0.3) is 0 Å². The SMILES string of the molecule is CC1(C)c2ccccc2-c2c1c1c(c3ccccc3n1-c1ccc(-c3ccc4c5c(cccc35)-c3ccccc3-4)cc1)c1c2c2ccccc2n1-c1ccccc1. The fraction of sp³-hybridized carbons (Fsp3) is 0.0545. The van der Waals surface area contributed by atoms with Crippen molar-refractivity contribution < 1.29 is 0 Å². The van der Waals surface area contributed by atoms with E-state index in [1.165, 1.54) is 121 Å². The number of nitrogens with zero attached hydrogens (tertiary/aromatic N) is 2. The maximum absolute atomic E-state index is 2.57. The Labute approximate surface area is 330 Å². The lowest BCUT2D eigenvalue weighted by atomic mass is 9.81. The normalized spacial score (nSPS) is 13.6. The summed E-state index contributed by atoms with van der Waals surface area (Å²) in [4.78, 5) is 0. The van der Waals surface area contributed by atoms with Gasteiger partial charge in [0.05, 0.1) is 22.1 Å². The molecule has 2 heterocycles. The second-order valence-electron chi connectivity index (χ2n) is 16.4. The minimum atomic E-state index is -0.234. The highest BCUT2D eigenvalue weighted by molar-refractivity contribution is 6.32. The van der Waals surface area contributed by atoms with E-state index in [9.17, 15) is 0 Å². The molecule has 2 nitrogen and oxygen atoms in total. The molecular weight excluding hydrogens is 689 g/mol. The topological polar surface area (TPSA) is 9.86 Å². The molecule has 2 aromatic heterocycles. The van der Waals surface area contributed by atoms with E-state index in [-0.39, 0.29) is 5.41 Å². The van der Waals surface area contributed by atoms with Crippen molar-refractivity contribution in [1.29, 1.82) is 0 Å². The Bertz CT molecular complexity index is 3490. The minimum Gasteiger partial charge on any atom is -0.309 e. The van der Waals surface area contributed by atoms with E-state index in [1.807, 2.05) is 0 Å². The van der Waals surface area contributed by atoms with Crippen LogP contribution in [-0.2, 0) is 5.41 Å². The molecule has 0 saturated carbocycles. The number of rotatable bonds is 3. The highest BCUT2D eigenvalue weighted by Gasteiger charge is 2.41. The fourth-order valence-electron chi connectivity index (χ4n) is 10.9. The van der Waals surface area contributed by atoms with Gasteiger partial charge >= 0.3 is 0 Å². The van der Waals surface area contributed by atoms with E-state index in [2.05, 4.69) is 205 Å². The van der Waals surface area contributed by atoms with Gasteiger partial charge in [-0.15, -0.1) is 0 Å². The van der Waals surface area contributed by atoms with Crippen molar-refractivity contribution in [2.24, 2.45) is 0 Å². The third-order valence-electron chi connectivity index (χ3n) is 13.2. The molecule has 9 aromatic carbocycles. The Morgan fingerprint density at radius 2 is 0.877 bits per heavy atom. The van der Waals surface area contributed by atoms with Gasteiger partial charge in [-0.1, -0.05) is 159 Å². The van der Waals surface area contributed by atoms with E-state index >= 15 is 0 Å². The molecule has 0 bridgehead atoms. The second-order valence-corrected chi connectivity index (χ2v) is 16.4. The first-order valence-corrected chi connectivity index (χ1v) is 20.0. The summed E-state index contributed by atoms with van der Waals surface area (Å²) in [6.45, 7) is 4.86. The predicted molar refractivity (Wildman–Crippen MR) is 240 cm³/mol. The smallest absolute Gasteiger partial charge is 0.0647 e. The number of aromatic nitrogens is 2. The number of para-hydroxylation sites is 3. The Kier molecular flexibility index (Phi) is 6.00. The third kappa shape index (κ3) is 3.90. The van der Waals surface area contributed by atoms with E-state index in [0.717, 1.165) is 0 Å². The standard InChI is InChI=1S/C55H36N2/c1-55(2)45-24-11-8-19-42(45)49-50-43-20-9-12-25-46(43)56(34-15-4-3-5-16-34)53(50)51-44-21-10-13-26-47(44)57(54(51)52(49)55)35-29-27-33(28-30-35)36-31-32-41-38-18-7-6-17-37(38)40-23-14-22-39(36)48(40)41/h3-32H,1-2H3. The molecule has 0 amide bonds. The lowest BCUT2D eigenvalue weighted by molar-refractivity contribution is 0.664. The van der Waals surface area contributed by atoms with Crippen LogP contribution in [0.15, 0.2) is 182 Å². The molecule has 2 aliphatic carbocycles. The first-order chi connectivity index (χ1) is 28.1. The maximum atomic E-state index is 2.57. The Morgan fingerprint density at radius 1 is 0.351 bits per heavy atom. The molecular formula is C55H36N2. The van der Waals surface area contributed by atoms with Gasteiger partial charge in [-0.3, -0.25) is 0 Å². The third-order valence-corrected chi connectivity index (χ3v) is 13.2. The molecule has 57 heavy (non-hydrogen) atoms. The first kappa shape index (κ1) is 31.1. The maximum Gasteiger partial charge on any atom is 0.0647 e. The monoisotopic (exact) mass is 724 g/mol. The zero-order chi connectivity index (χ0) is 37.6. The van der Waals surface area contributed by atoms with Crippen LogP contribution in [0, 0.1) is 0 Å². The molecule has 0 aliphatic heterocycles. The van der Waals surface area contributed by atoms with E-state index in [4.69, 9.17) is 0 Å². The van der Waals surface area contributed by atoms with Crippen LogP contribution in [0.2, 0.25) is 0 Å². The van der Waals surface area contributed by atoms with Gasteiger partial charge in [0, 0.05) is 38.3 Å². The molecule has 2 aliphatic rings. The summed E-state index contributed by atoms with van der Waals surface area (Å²) in [6, 6.07) is 67.7. The average molecular weight is 725 g/mol. The molecule has 0 atom stereocenters. The van der Waals surface area contributed by atoms with Gasteiger partial charge in [-0.05, 0) is 103 Å². The fourth-order valence-corrected chi connectivity index (χ4v) is 10.9. The summed E-state index contributed by atoms with van der Waals surface area (Å²) in [5.74, 6) is 0. The van der Waals surface area contributed by atoms with E-state index in [1.54, 1.807) is 0 Å². The number of hydrogen-bond acceptors (Lipinski definition) is 0. The summed E-state index contributed by atoms with van der Waals surface area (Å²) in [5, 5.41) is 7.86. The lowest BCUT2D eigenvalue weighted by Crippen LogP contribution is -2.16. The first-order valence-electron chi connectivity index (χ1n) is 20.0. The summed E-state index contributed by atoms with van der Waals surface area (Å²) in [5.41, 5.74) is 20.4. The molecule has 266 valence electrons. The number of benzene rings is 9. The number of fused-ring (bicyclic) bond motifs is 15. The zero-order valence-electron chi connectivity index (χ0n) is 31.7. The molecule has 0 fully saturated rings. The average Bonchev–Trinajstić information content (AvgIpc) is 3.96. The Morgan fingerprint density at radius 3 is 1.61 bits per heavy atom. The van der Waals surface area contributed by atoms with Crippen molar-refractivity contribution in [3.8, 4) is 55.9 Å². The second kappa shape index (κ2) is 11.0. The lowest BCUT2D eigenvalue weighted by Gasteiger charge is -2.24. The van der Waals surface area contributed by atoms with Crippen LogP contribution in [-0.4, -0.2) is 9.13 Å². The summed E-state index contributed by atoms with van der Waals surface area (Å²) in [6.07, 6.45) is 0. The van der Waals surface area contributed by atoms with Crippen LogP contribution in [0.5, 0.6) is 0 Å². The molecule has 2 heteroatoms. The van der Waals surface area contributed by atoms with Crippen LogP contribution in [0.25, 0.3) is 110 Å². The highest BCUT2D eigenvalue weighted by Crippen LogP contribution is 2.58. The van der Waals surface area contributed by atoms with Gasteiger partial charge in [0.2, 0.25) is 0 Å². The van der Waals surface area contributed by atoms with Crippen LogP contribution < -0.4 is 0 Å². The van der Waals surface area contributed by atoms with Crippen LogP contribution in [0.4, 0.5) is 0 Å².